The number of nitrogens with zero attached hydrogens (tertiary/aromatic N) is 4. The summed E-state index contributed by atoms with van der Waals surface area (Å²) in [5.41, 5.74) is 2.32. The fourth-order valence-electron chi connectivity index (χ4n) is 4.32. The van der Waals surface area contributed by atoms with Gasteiger partial charge in [0.2, 0.25) is 0 Å². The van der Waals surface area contributed by atoms with Gasteiger partial charge in [0.1, 0.15) is 0 Å². The first-order valence-corrected chi connectivity index (χ1v) is 11.1. The van der Waals surface area contributed by atoms with E-state index >= 15 is 0 Å². The van der Waals surface area contributed by atoms with E-state index in [0.29, 0.717) is 12.3 Å². The van der Waals surface area contributed by atoms with Crippen molar-refractivity contribution in [3.05, 3.63) is 46.7 Å². The van der Waals surface area contributed by atoms with Crippen molar-refractivity contribution in [2.75, 3.05) is 13.1 Å². The standard InChI is InChI=1S/C22H31ClN4O/c1-2-3-4-5-12-26-15-21(27-14-19(24-25-27)16-6-7-16)22(28)13-20(26)17-8-10-18(23)11-9-17/h8-11,14,16,20-22,28H,2-7,12-13,15H2,1H3/t20-,21+,22+/m1/s1. The van der Waals surface area contributed by atoms with E-state index in [-0.39, 0.29) is 12.1 Å². The molecule has 1 saturated carbocycles. The van der Waals surface area contributed by atoms with Crippen LogP contribution in [0.1, 0.15) is 81.1 Å². The van der Waals surface area contributed by atoms with Gasteiger partial charge in [0.05, 0.1) is 17.8 Å². The minimum atomic E-state index is -0.429. The van der Waals surface area contributed by atoms with Gasteiger partial charge in [-0.15, -0.1) is 5.10 Å². The van der Waals surface area contributed by atoms with Crippen LogP contribution in [0.25, 0.3) is 0 Å². The maximum absolute atomic E-state index is 11.0. The van der Waals surface area contributed by atoms with E-state index in [2.05, 4.69) is 40.5 Å². The quantitative estimate of drug-likeness (QED) is 0.648. The van der Waals surface area contributed by atoms with Gasteiger partial charge in [-0.3, -0.25) is 4.90 Å². The highest BCUT2D eigenvalue weighted by Crippen LogP contribution is 2.40. The van der Waals surface area contributed by atoms with Crippen molar-refractivity contribution in [2.45, 2.75) is 76.0 Å². The molecule has 2 aromatic rings. The summed E-state index contributed by atoms with van der Waals surface area (Å²) in [4.78, 5) is 2.52. The van der Waals surface area contributed by atoms with Crippen LogP contribution in [0.3, 0.4) is 0 Å². The molecule has 2 aliphatic rings. The van der Waals surface area contributed by atoms with E-state index in [0.717, 1.165) is 23.8 Å². The second-order valence-corrected chi connectivity index (χ2v) is 8.83. The lowest BCUT2D eigenvalue weighted by atomic mass is 9.90. The number of rotatable bonds is 8. The topological polar surface area (TPSA) is 54.2 Å². The summed E-state index contributed by atoms with van der Waals surface area (Å²) in [7, 11) is 0. The van der Waals surface area contributed by atoms with Gasteiger partial charge >= 0.3 is 0 Å². The van der Waals surface area contributed by atoms with Crippen LogP contribution >= 0.6 is 11.6 Å². The Kier molecular flexibility index (Phi) is 6.34. The Balaban J connectivity index is 1.51. The molecule has 2 fully saturated rings. The lowest BCUT2D eigenvalue weighted by Crippen LogP contribution is -2.46. The van der Waals surface area contributed by atoms with Gasteiger partial charge in [-0.05, 0) is 49.9 Å². The molecule has 0 amide bonds. The summed E-state index contributed by atoms with van der Waals surface area (Å²) in [6.45, 7) is 4.08. The van der Waals surface area contributed by atoms with Crippen LogP contribution < -0.4 is 0 Å². The SMILES string of the molecule is CCCCCCN1C[C@H](n2cc(C3CC3)nn2)[C@@H](O)C[C@@H]1c1ccc(Cl)cc1. The van der Waals surface area contributed by atoms with Gasteiger partial charge in [0.25, 0.3) is 0 Å². The normalized spacial score (nSPS) is 25.9. The predicted octanol–water partition coefficient (Wildman–Crippen LogP) is 4.74. The average molecular weight is 403 g/mol. The lowest BCUT2D eigenvalue weighted by Gasteiger charge is -2.42. The summed E-state index contributed by atoms with van der Waals surface area (Å²) >= 11 is 6.09. The van der Waals surface area contributed by atoms with Gasteiger partial charge in [0, 0.05) is 29.7 Å². The van der Waals surface area contributed by atoms with Crippen LogP contribution in [-0.2, 0) is 0 Å². The van der Waals surface area contributed by atoms with E-state index in [1.165, 1.54) is 44.1 Å². The number of piperidine rings is 1. The van der Waals surface area contributed by atoms with Gasteiger partial charge in [0.15, 0.2) is 0 Å². The van der Waals surface area contributed by atoms with E-state index in [4.69, 9.17) is 11.6 Å². The highest BCUT2D eigenvalue weighted by atomic mass is 35.5. The number of hydrogen-bond donors (Lipinski definition) is 1. The number of aliphatic hydroxyl groups is 1. The van der Waals surface area contributed by atoms with Gasteiger partial charge in [-0.25, -0.2) is 4.68 Å². The van der Waals surface area contributed by atoms with Gasteiger partial charge in [-0.1, -0.05) is 55.1 Å². The van der Waals surface area contributed by atoms with Crippen LogP contribution in [-0.4, -0.2) is 44.2 Å². The van der Waals surface area contributed by atoms with Crippen molar-refractivity contribution < 1.29 is 5.11 Å². The second-order valence-electron chi connectivity index (χ2n) is 8.39. The first kappa shape index (κ1) is 19.9. The molecule has 1 saturated heterocycles. The molecule has 5 nitrogen and oxygen atoms in total. The number of likely N-dealkylation sites (tertiary alicyclic amines) is 1. The van der Waals surface area contributed by atoms with Crippen LogP contribution in [0.5, 0.6) is 0 Å². The third kappa shape index (κ3) is 4.58. The molecule has 1 aromatic carbocycles. The van der Waals surface area contributed by atoms with Gasteiger partial charge in [-0.2, -0.15) is 0 Å². The summed E-state index contributed by atoms with van der Waals surface area (Å²) in [5, 5.41) is 20.4. The Hall–Kier alpha value is -1.43. The highest BCUT2D eigenvalue weighted by molar-refractivity contribution is 6.30. The smallest absolute Gasteiger partial charge is 0.0923 e. The number of benzene rings is 1. The third-order valence-electron chi connectivity index (χ3n) is 6.19. The molecule has 1 N–H and O–H groups in total. The van der Waals surface area contributed by atoms with Crippen molar-refractivity contribution in [3.63, 3.8) is 0 Å². The Morgan fingerprint density at radius 1 is 1.14 bits per heavy atom. The lowest BCUT2D eigenvalue weighted by molar-refractivity contribution is -0.00775. The minimum Gasteiger partial charge on any atom is -0.391 e. The maximum Gasteiger partial charge on any atom is 0.0923 e. The van der Waals surface area contributed by atoms with Crippen molar-refractivity contribution in [1.29, 1.82) is 0 Å². The number of aromatic nitrogens is 3. The summed E-state index contributed by atoms with van der Waals surface area (Å²) in [5.74, 6) is 0.585. The summed E-state index contributed by atoms with van der Waals surface area (Å²) < 4.78 is 1.91. The summed E-state index contributed by atoms with van der Waals surface area (Å²) in [6.07, 6.45) is 9.73. The molecule has 6 heteroatoms. The van der Waals surface area contributed by atoms with Crippen LogP contribution in [0.15, 0.2) is 30.5 Å². The highest BCUT2D eigenvalue weighted by Gasteiger charge is 2.37. The second kappa shape index (κ2) is 8.93. The molecule has 0 unspecified atom stereocenters. The van der Waals surface area contributed by atoms with Crippen LogP contribution in [0, 0.1) is 0 Å². The Morgan fingerprint density at radius 3 is 2.64 bits per heavy atom. The van der Waals surface area contributed by atoms with Crippen LogP contribution in [0.4, 0.5) is 0 Å². The van der Waals surface area contributed by atoms with E-state index < -0.39 is 6.10 Å². The fourth-order valence-corrected chi connectivity index (χ4v) is 4.45. The van der Waals surface area contributed by atoms with Crippen molar-refractivity contribution in [3.8, 4) is 0 Å². The van der Waals surface area contributed by atoms with Crippen LogP contribution in [0.2, 0.25) is 5.02 Å². The largest absolute Gasteiger partial charge is 0.391 e. The monoisotopic (exact) mass is 402 g/mol. The predicted molar refractivity (Wildman–Crippen MR) is 112 cm³/mol. The first-order chi connectivity index (χ1) is 13.7. The number of hydrogen-bond acceptors (Lipinski definition) is 4. The molecule has 0 spiro atoms. The summed E-state index contributed by atoms with van der Waals surface area (Å²) in [6, 6.07) is 8.28. The molecular weight excluding hydrogens is 372 g/mol. The molecule has 152 valence electrons. The maximum atomic E-state index is 11.0. The first-order valence-electron chi connectivity index (χ1n) is 10.7. The molecule has 3 atom stereocenters. The van der Waals surface area contributed by atoms with Crippen molar-refractivity contribution >= 4 is 11.6 Å². The molecule has 4 rings (SSSR count). The van der Waals surface area contributed by atoms with E-state index in [1.54, 1.807) is 0 Å². The number of halogens is 1. The van der Waals surface area contributed by atoms with Crippen molar-refractivity contribution in [2.24, 2.45) is 0 Å². The van der Waals surface area contributed by atoms with E-state index in [1.807, 2.05) is 16.8 Å². The number of unbranched alkanes of at least 4 members (excludes halogenated alkanes) is 3. The average Bonchev–Trinajstić information content (AvgIpc) is 3.44. The zero-order chi connectivity index (χ0) is 19.5. The number of aliphatic hydroxyl groups excluding tert-OH is 1. The molecule has 0 bridgehead atoms. The fraction of sp³-hybridized carbons (Fsp3) is 0.636. The Morgan fingerprint density at radius 2 is 1.93 bits per heavy atom. The van der Waals surface area contributed by atoms with Crippen molar-refractivity contribution in [1.82, 2.24) is 19.9 Å². The molecule has 0 radical (unpaired) electrons. The Bertz CT molecular complexity index is 758. The van der Waals surface area contributed by atoms with Gasteiger partial charge < -0.3 is 5.11 Å². The molecule has 1 aromatic heterocycles. The Labute approximate surface area is 172 Å². The van der Waals surface area contributed by atoms with E-state index in [9.17, 15) is 5.11 Å². The molecule has 1 aliphatic carbocycles. The molecule has 28 heavy (non-hydrogen) atoms. The molecule has 1 aliphatic heterocycles. The third-order valence-corrected chi connectivity index (χ3v) is 6.44. The zero-order valence-corrected chi connectivity index (χ0v) is 17.4. The minimum absolute atomic E-state index is 0.0327. The molecule has 2 heterocycles. The zero-order valence-electron chi connectivity index (χ0n) is 16.7. The molecular formula is C22H31ClN4O.